The van der Waals surface area contributed by atoms with Crippen molar-refractivity contribution < 1.29 is 14.6 Å². The SMILES string of the molecule is O=C(O)CCc1cccc2ccc3c(c12)Oc1ccccc1C3. The van der Waals surface area contributed by atoms with Crippen molar-refractivity contribution in [3.05, 3.63) is 71.3 Å². The average molecular weight is 304 g/mol. The van der Waals surface area contributed by atoms with E-state index in [1.54, 1.807) is 0 Å². The van der Waals surface area contributed by atoms with Gasteiger partial charge in [0.25, 0.3) is 0 Å². The number of carboxylic acid groups (broad SMARTS) is 1. The molecule has 0 aliphatic carbocycles. The number of aryl methyl sites for hydroxylation is 1. The Labute approximate surface area is 134 Å². The number of carboxylic acids is 1. The van der Waals surface area contributed by atoms with Crippen LogP contribution < -0.4 is 4.74 Å². The van der Waals surface area contributed by atoms with Crippen LogP contribution in [0, 0.1) is 0 Å². The summed E-state index contributed by atoms with van der Waals surface area (Å²) in [4.78, 5) is 10.9. The molecule has 0 saturated heterocycles. The fourth-order valence-corrected chi connectivity index (χ4v) is 3.23. The molecular formula is C20H16O3. The molecule has 3 aromatic rings. The third-order valence-corrected chi connectivity index (χ3v) is 4.34. The second kappa shape index (κ2) is 5.43. The van der Waals surface area contributed by atoms with E-state index in [0.29, 0.717) is 6.42 Å². The second-order valence-electron chi connectivity index (χ2n) is 5.85. The zero-order valence-electron chi connectivity index (χ0n) is 12.6. The van der Waals surface area contributed by atoms with Crippen LogP contribution in [-0.2, 0) is 17.6 Å². The lowest BCUT2D eigenvalue weighted by molar-refractivity contribution is -0.136. The van der Waals surface area contributed by atoms with Crippen LogP contribution in [-0.4, -0.2) is 11.1 Å². The Balaban J connectivity index is 1.87. The van der Waals surface area contributed by atoms with Gasteiger partial charge < -0.3 is 9.84 Å². The van der Waals surface area contributed by atoms with Gasteiger partial charge >= 0.3 is 5.97 Å². The Morgan fingerprint density at radius 1 is 1.00 bits per heavy atom. The fourth-order valence-electron chi connectivity index (χ4n) is 3.23. The zero-order valence-corrected chi connectivity index (χ0v) is 12.6. The summed E-state index contributed by atoms with van der Waals surface area (Å²) in [6, 6.07) is 18.3. The van der Waals surface area contributed by atoms with E-state index in [2.05, 4.69) is 18.2 Å². The van der Waals surface area contributed by atoms with Crippen molar-refractivity contribution in [2.45, 2.75) is 19.3 Å². The minimum Gasteiger partial charge on any atom is -0.481 e. The molecule has 0 fully saturated rings. The molecule has 1 N–H and O–H groups in total. The van der Waals surface area contributed by atoms with Crippen molar-refractivity contribution in [3.8, 4) is 11.5 Å². The van der Waals surface area contributed by atoms with Crippen LogP contribution in [0.1, 0.15) is 23.1 Å². The number of para-hydroxylation sites is 1. The number of rotatable bonds is 3. The second-order valence-corrected chi connectivity index (χ2v) is 5.85. The van der Waals surface area contributed by atoms with Gasteiger partial charge in [0.15, 0.2) is 0 Å². The van der Waals surface area contributed by atoms with E-state index in [-0.39, 0.29) is 6.42 Å². The van der Waals surface area contributed by atoms with E-state index in [0.717, 1.165) is 39.8 Å². The van der Waals surface area contributed by atoms with E-state index in [9.17, 15) is 4.79 Å². The summed E-state index contributed by atoms with van der Waals surface area (Å²) < 4.78 is 6.19. The van der Waals surface area contributed by atoms with Crippen LogP contribution in [0.2, 0.25) is 0 Å². The number of benzene rings is 3. The monoisotopic (exact) mass is 304 g/mol. The summed E-state index contributed by atoms with van der Waals surface area (Å²) in [6.07, 6.45) is 1.47. The fraction of sp³-hybridized carbons (Fsp3) is 0.150. The molecule has 0 amide bonds. The van der Waals surface area contributed by atoms with Gasteiger partial charge in [-0.05, 0) is 34.6 Å². The van der Waals surface area contributed by atoms with E-state index in [4.69, 9.17) is 9.84 Å². The highest BCUT2D eigenvalue weighted by Crippen LogP contribution is 2.42. The lowest BCUT2D eigenvalue weighted by atomic mass is 9.93. The van der Waals surface area contributed by atoms with Crippen LogP contribution in [0.3, 0.4) is 0 Å². The van der Waals surface area contributed by atoms with Crippen LogP contribution in [0.25, 0.3) is 10.8 Å². The van der Waals surface area contributed by atoms with Crippen molar-refractivity contribution in [3.63, 3.8) is 0 Å². The molecule has 0 bridgehead atoms. The molecule has 0 saturated carbocycles. The topological polar surface area (TPSA) is 46.5 Å². The summed E-state index contributed by atoms with van der Waals surface area (Å²) in [5, 5.41) is 11.1. The number of hydrogen-bond acceptors (Lipinski definition) is 2. The van der Waals surface area contributed by atoms with E-state index >= 15 is 0 Å². The average Bonchev–Trinajstić information content (AvgIpc) is 2.57. The quantitative estimate of drug-likeness (QED) is 0.604. The predicted octanol–water partition coefficient (Wildman–Crippen LogP) is 4.55. The minimum absolute atomic E-state index is 0.124. The maximum absolute atomic E-state index is 10.9. The summed E-state index contributed by atoms with van der Waals surface area (Å²) in [5.41, 5.74) is 3.36. The van der Waals surface area contributed by atoms with E-state index in [1.165, 1.54) is 5.56 Å². The Bertz CT molecular complexity index is 912. The first-order valence-corrected chi connectivity index (χ1v) is 7.73. The largest absolute Gasteiger partial charge is 0.481 e. The van der Waals surface area contributed by atoms with Crippen LogP contribution in [0.4, 0.5) is 0 Å². The number of carbonyl (C=O) groups is 1. The molecule has 114 valence electrons. The maximum atomic E-state index is 10.9. The third kappa shape index (κ3) is 2.44. The maximum Gasteiger partial charge on any atom is 0.303 e. The molecule has 1 aliphatic rings. The number of ether oxygens (including phenoxy) is 1. The Morgan fingerprint density at radius 2 is 1.87 bits per heavy atom. The number of aliphatic carboxylic acids is 1. The molecule has 0 aromatic heterocycles. The highest BCUT2D eigenvalue weighted by atomic mass is 16.5. The predicted molar refractivity (Wildman–Crippen MR) is 89.2 cm³/mol. The van der Waals surface area contributed by atoms with Gasteiger partial charge in [0, 0.05) is 18.2 Å². The minimum atomic E-state index is -0.780. The number of fused-ring (bicyclic) bond motifs is 4. The molecule has 3 nitrogen and oxygen atoms in total. The molecule has 3 heteroatoms. The number of hydrogen-bond donors (Lipinski definition) is 1. The first kappa shape index (κ1) is 13.8. The normalized spacial score (nSPS) is 12.3. The van der Waals surface area contributed by atoms with Crippen molar-refractivity contribution >= 4 is 16.7 Å². The molecule has 23 heavy (non-hydrogen) atoms. The first-order chi connectivity index (χ1) is 11.2. The van der Waals surface area contributed by atoms with Gasteiger partial charge in [-0.15, -0.1) is 0 Å². The highest BCUT2D eigenvalue weighted by molar-refractivity contribution is 5.93. The summed E-state index contributed by atoms with van der Waals surface area (Å²) in [5.74, 6) is 0.987. The highest BCUT2D eigenvalue weighted by Gasteiger charge is 2.20. The van der Waals surface area contributed by atoms with Gasteiger partial charge in [-0.2, -0.15) is 0 Å². The van der Waals surface area contributed by atoms with Gasteiger partial charge in [-0.25, -0.2) is 0 Å². The molecular weight excluding hydrogens is 288 g/mol. The summed E-state index contributed by atoms with van der Waals surface area (Å²) in [7, 11) is 0. The van der Waals surface area contributed by atoms with E-state index in [1.807, 2.05) is 36.4 Å². The molecule has 1 heterocycles. The zero-order chi connectivity index (χ0) is 15.8. The van der Waals surface area contributed by atoms with Crippen LogP contribution in [0.5, 0.6) is 11.5 Å². The van der Waals surface area contributed by atoms with Gasteiger partial charge in [0.05, 0.1) is 0 Å². The lowest BCUT2D eigenvalue weighted by Gasteiger charge is -2.23. The molecule has 0 spiro atoms. The third-order valence-electron chi connectivity index (χ3n) is 4.34. The molecule has 0 radical (unpaired) electrons. The van der Waals surface area contributed by atoms with Crippen molar-refractivity contribution in [1.29, 1.82) is 0 Å². The molecule has 3 aromatic carbocycles. The standard InChI is InChI=1S/C20H16O3/c21-18(22)11-10-14-6-3-5-13-8-9-16-12-15-4-1-2-7-17(15)23-20(16)19(13)14/h1-9H,10-12H2,(H,21,22). The van der Waals surface area contributed by atoms with Crippen LogP contribution >= 0.6 is 0 Å². The van der Waals surface area contributed by atoms with Crippen molar-refractivity contribution in [2.24, 2.45) is 0 Å². The van der Waals surface area contributed by atoms with E-state index < -0.39 is 5.97 Å². The molecule has 1 aliphatic heterocycles. The Morgan fingerprint density at radius 3 is 2.74 bits per heavy atom. The molecule has 4 rings (SSSR count). The molecule has 0 unspecified atom stereocenters. The Hall–Kier alpha value is -2.81. The van der Waals surface area contributed by atoms with Gasteiger partial charge in [-0.1, -0.05) is 48.5 Å². The smallest absolute Gasteiger partial charge is 0.303 e. The molecule has 0 atom stereocenters. The Kier molecular flexibility index (Phi) is 3.27. The summed E-state index contributed by atoms with van der Waals surface area (Å²) >= 11 is 0. The lowest BCUT2D eigenvalue weighted by Crippen LogP contribution is -2.05. The summed E-state index contributed by atoms with van der Waals surface area (Å²) in [6.45, 7) is 0. The van der Waals surface area contributed by atoms with Gasteiger partial charge in [0.2, 0.25) is 0 Å². The van der Waals surface area contributed by atoms with Crippen LogP contribution in [0.15, 0.2) is 54.6 Å². The van der Waals surface area contributed by atoms with Gasteiger partial charge in [-0.3, -0.25) is 4.79 Å². The van der Waals surface area contributed by atoms with Gasteiger partial charge in [0.1, 0.15) is 11.5 Å². The van der Waals surface area contributed by atoms with Crippen molar-refractivity contribution in [1.82, 2.24) is 0 Å². The first-order valence-electron chi connectivity index (χ1n) is 7.73. The van der Waals surface area contributed by atoms with Crippen molar-refractivity contribution in [2.75, 3.05) is 0 Å².